The molecule has 2 saturated carbocycles. The van der Waals surface area contributed by atoms with E-state index in [9.17, 15) is 28.7 Å². The lowest BCUT2D eigenvalue weighted by molar-refractivity contribution is -0.134. The fourth-order valence-corrected chi connectivity index (χ4v) is 6.52. The molecule has 3 fully saturated rings. The summed E-state index contributed by atoms with van der Waals surface area (Å²) in [5.41, 5.74) is -0.743. The zero-order valence-electron chi connectivity index (χ0n) is 26.6. The van der Waals surface area contributed by atoms with Crippen molar-refractivity contribution in [2.45, 2.75) is 100 Å². The molecule has 0 bridgehead atoms. The number of aliphatic hydroxyl groups excluding tert-OH is 1. The standard InChI is InChI=1S/C35H43F3N4O6/c36-25-13-7-12-24(20-25)35(37,38)30(22-10-5-2-6-11-22)48-34(47)42-28(18-21-8-3-1-4-9-21)32(45)41-27(19-23-16-17-39-31(23)44)29(43)33(46)40-26-14-15-26/h2,5-7,10-13,20-21,23,26-30,43H,1,3-4,8-9,14-19H2,(H,39,44)(H,40,46)(H,41,45)(H,42,47)/t23-,27-,28-,29?,30?/m0/s1. The number of rotatable bonds is 14. The number of hydrogen-bond donors (Lipinski definition) is 5. The lowest BCUT2D eigenvalue weighted by atomic mass is 9.84. The normalized spacial score (nSPS) is 20.9. The highest BCUT2D eigenvalue weighted by Gasteiger charge is 2.46. The third-order valence-corrected chi connectivity index (χ3v) is 9.37. The Hall–Kier alpha value is -4.13. The fraction of sp³-hybridized carbons (Fsp3) is 0.543. The van der Waals surface area contributed by atoms with E-state index < -0.39 is 65.4 Å². The first-order valence-electron chi connectivity index (χ1n) is 16.7. The van der Waals surface area contributed by atoms with Crippen LogP contribution in [0.2, 0.25) is 0 Å². The molecule has 4 amide bonds. The van der Waals surface area contributed by atoms with E-state index in [1.807, 2.05) is 0 Å². The molecule has 5 rings (SSSR count). The number of alkyl carbamates (subject to hydrolysis) is 1. The molecule has 2 aromatic rings. The molecule has 0 radical (unpaired) electrons. The van der Waals surface area contributed by atoms with Crippen LogP contribution in [0.15, 0.2) is 54.6 Å². The minimum Gasteiger partial charge on any atom is -0.434 e. The van der Waals surface area contributed by atoms with E-state index in [1.165, 1.54) is 24.3 Å². The van der Waals surface area contributed by atoms with E-state index in [2.05, 4.69) is 21.3 Å². The predicted molar refractivity (Wildman–Crippen MR) is 169 cm³/mol. The summed E-state index contributed by atoms with van der Waals surface area (Å²) in [6.07, 6.45) is 1.50. The van der Waals surface area contributed by atoms with Crippen LogP contribution < -0.4 is 21.3 Å². The summed E-state index contributed by atoms with van der Waals surface area (Å²) in [5, 5.41) is 21.6. The van der Waals surface area contributed by atoms with Crippen molar-refractivity contribution in [3.05, 3.63) is 71.5 Å². The SMILES string of the molecule is O=C(N[C@@H](CC1CCCCC1)C(=O)N[C@@H](C[C@@H]1CCNC1=O)C(O)C(=O)NC1CC1)OC(c1ccccc1)C(F)(F)c1cccc(F)c1. The van der Waals surface area contributed by atoms with Gasteiger partial charge in [-0.1, -0.05) is 74.6 Å². The first kappa shape index (κ1) is 35.2. The molecule has 10 nitrogen and oxygen atoms in total. The van der Waals surface area contributed by atoms with Crippen molar-refractivity contribution in [3.8, 4) is 0 Å². The predicted octanol–water partition coefficient (Wildman–Crippen LogP) is 4.37. The number of halogens is 3. The van der Waals surface area contributed by atoms with Gasteiger partial charge in [0.15, 0.2) is 12.2 Å². The van der Waals surface area contributed by atoms with Gasteiger partial charge in [0.1, 0.15) is 11.9 Å². The molecule has 2 aromatic carbocycles. The van der Waals surface area contributed by atoms with Gasteiger partial charge >= 0.3 is 12.0 Å². The lowest BCUT2D eigenvalue weighted by Gasteiger charge is -2.31. The maximum atomic E-state index is 15.9. The van der Waals surface area contributed by atoms with Crippen LogP contribution in [0, 0.1) is 17.7 Å². The fourth-order valence-electron chi connectivity index (χ4n) is 6.52. The average molecular weight is 673 g/mol. The van der Waals surface area contributed by atoms with Gasteiger partial charge in [0.2, 0.25) is 11.8 Å². The summed E-state index contributed by atoms with van der Waals surface area (Å²) >= 11 is 0. The maximum absolute atomic E-state index is 15.9. The number of carbonyl (C=O) groups excluding carboxylic acids is 4. The average Bonchev–Trinajstić information content (AvgIpc) is 3.81. The van der Waals surface area contributed by atoms with Crippen LogP contribution >= 0.6 is 0 Å². The van der Waals surface area contributed by atoms with Gasteiger partial charge in [-0.05, 0) is 55.7 Å². The van der Waals surface area contributed by atoms with Crippen molar-refractivity contribution in [2.75, 3.05) is 6.54 Å². The summed E-state index contributed by atoms with van der Waals surface area (Å²) < 4.78 is 51.2. The number of hydrogen-bond acceptors (Lipinski definition) is 6. The number of ether oxygens (including phenoxy) is 1. The Morgan fingerprint density at radius 1 is 0.917 bits per heavy atom. The second kappa shape index (κ2) is 15.8. The second-order valence-corrected chi connectivity index (χ2v) is 13.1. The largest absolute Gasteiger partial charge is 0.434 e. The highest BCUT2D eigenvalue weighted by atomic mass is 19.3. The summed E-state index contributed by atoms with van der Waals surface area (Å²) in [6.45, 7) is 0.426. The van der Waals surface area contributed by atoms with E-state index in [4.69, 9.17) is 4.74 Å². The lowest BCUT2D eigenvalue weighted by Crippen LogP contribution is -2.57. The topological polar surface area (TPSA) is 146 Å². The maximum Gasteiger partial charge on any atom is 0.408 e. The highest BCUT2D eigenvalue weighted by molar-refractivity contribution is 5.88. The Labute approximate surface area is 277 Å². The Morgan fingerprint density at radius 3 is 2.29 bits per heavy atom. The second-order valence-electron chi connectivity index (χ2n) is 13.1. The number of alkyl halides is 2. The summed E-state index contributed by atoms with van der Waals surface area (Å²) in [6, 6.07) is 8.71. The van der Waals surface area contributed by atoms with Gasteiger partial charge in [-0.25, -0.2) is 9.18 Å². The zero-order valence-corrected chi connectivity index (χ0v) is 26.6. The van der Waals surface area contributed by atoms with Gasteiger partial charge in [-0.3, -0.25) is 14.4 Å². The molecule has 48 heavy (non-hydrogen) atoms. The Bertz CT molecular complexity index is 1440. The molecule has 13 heteroatoms. The van der Waals surface area contributed by atoms with Gasteiger partial charge in [-0.15, -0.1) is 0 Å². The number of nitrogens with one attached hydrogen (secondary N) is 4. The first-order chi connectivity index (χ1) is 23.0. The van der Waals surface area contributed by atoms with Crippen LogP contribution in [-0.2, 0) is 25.0 Å². The quantitative estimate of drug-likeness (QED) is 0.202. The smallest absolute Gasteiger partial charge is 0.408 e. The van der Waals surface area contributed by atoms with Crippen LogP contribution in [0.5, 0.6) is 0 Å². The summed E-state index contributed by atoms with van der Waals surface area (Å²) in [7, 11) is 0. The van der Waals surface area contributed by atoms with Crippen molar-refractivity contribution < 1.29 is 42.2 Å². The third kappa shape index (κ3) is 9.27. The Balaban J connectivity index is 1.36. The number of carbonyl (C=O) groups is 4. The molecule has 2 aliphatic carbocycles. The molecule has 1 saturated heterocycles. The summed E-state index contributed by atoms with van der Waals surface area (Å²) in [5.74, 6) is -6.93. The highest BCUT2D eigenvalue weighted by Crippen LogP contribution is 2.43. The first-order valence-corrected chi connectivity index (χ1v) is 16.7. The van der Waals surface area contributed by atoms with Crippen molar-refractivity contribution in [1.82, 2.24) is 21.3 Å². The molecule has 260 valence electrons. The molecular formula is C35H43F3N4O6. The monoisotopic (exact) mass is 672 g/mol. The van der Waals surface area contributed by atoms with E-state index in [1.54, 1.807) is 6.07 Å². The zero-order chi connectivity index (χ0) is 34.3. The van der Waals surface area contributed by atoms with Crippen molar-refractivity contribution in [1.29, 1.82) is 0 Å². The molecule has 0 spiro atoms. The molecule has 0 aromatic heterocycles. The van der Waals surface area contributed by atoms with E-state index in [0.717, 1.165) is 63.1 Å². The van der Waals surface area contributed by atoms with Crippen molar-refractivity contribution in [2.24, 2.45) is 11.8 Å². The number of aliphatic hydroxyl groups is 1. The van der Waals surface area contributed by atoms with E-state index in [0.29, 0.717) is 19.0 Å². The Kier molecular flexibility index (Phi) is 11.6. The van der Waals surface area contributed by atoms with Gasteiger partial charge in [-0.2, -0.15) is 8.78 Å². The number of benzene rings is 2. The molecule has 1 aliphatic heterocycles. The van der Waals surface area contributed by atoms with Crippen LogP contribution in [0.1, 0.15) is 81.4 Å². The molecular weight excluding hydrogens is 629 g/mol. The van der Waals surface area contributed by atoms with E-state index in [-0.39, 0.29) is 36.3 Å². The molecule has 5 N–H and O–H groups in total. The minimum atomic E-state index is -3.85. The van der Waals surface area contributed by atoms with E-state index >= 15 is 8.78 Å². The minimum absolute atomic E-state index is 0.0205. The third-order valence-electron chi connectivity index (χ3n) is 9.37. The van der Waals surface area contributed by atoms with Gasteiger partial charge in [0.05, 0.1) is 6.04 Å². The molecule has 3 aliphatic rings. The van der Waals surface area contributed by atoms with Gasteiger partial charge < -0.3 is 31.1 Å². The Morgan fingerprint density at radius 2 is 1.65 bits per heavy atom. The number of amides is 4. The molecule has 2 unspecified atom stereocenters. The molecule has 1 heterocycles. The van der Waals surface area contributed by atoms with Crippen LogP contribution in [0.4, 0.5) is 18.0 Å². The van der Waals surface area contributed by atoms with Gasteiger partial charge in [0.25, 0.3) is 5.91 Å². The molecule has 5 atom stereocenters. The van der Waals surface area contributed by atoms with Crippen molar-refractivity contribution in [3.63, 3.8) is 0 Å². The van der Waals surface area contributed by atoms with Gasteiger partial charge in [0, 0.05) is 24.1 Å². The van der Waals surface area contributed by atoms with Crippen LogP contribution in [0.3, 0.4) is 0 Å². The van der Waals surface area contributed by atoms with Crippen LogP contribution in [0.25, 0.3) is 0 Å². The summed E-state index contributed by atoms with van der Waals surface area (Å²) in [4.78, 5) is 52.5. The van der Waals surface area contributed by atoms with Crippen molar-refractivity contribution >= 4 is 23.8 Å². The van der Waals surface area contributed by atoms with Crippen LogP contribution in [-0.4, -0.2) is 59.7 Å².